The average Bonchev–Trinajstić information content (AvgIpc) is 2.74. The van der Waals surface area contributed by atoms with Crippen LogP contribution < -0.4 is 5.32 Å². The number of hydrogen-bond donors (Lipinski definition) is 2. The first kappa shape index (κ1) is 16.2. The van der Waals surface area contributed by atoms with Crippen molar-refractivity contribution in [1.29, 1.82) is 0 Å². The molecule has 1 atom stereocenters. The number of carboxylic acids is 1. The lowest BCUT2D eigenvalue weighted by Crippen LogP contribution is -2.48. The van der Waals surface area contributed by atoms with E-state index in [-0.39, 0.29) is 17.7 Å². The SMILES string of the molecule is CC(=O)NC1N=C2C=C(C(=O)O)CC=C2N1S(=O)(=O)C(C)C. The molecule has 1 aliphatic carbocycles. The average molecular weight is 327 g/mol. The van der Waals surface area contributed by atoms with E-state index in [4.69, 9.17) is 5.11 Å². The van der Waals surface area contributed by atoms with Crippen molar-refractivity contribution < 1.29 is 23.1 Å². The summed E-state index contributed by atoms with van der Waals surface area (Å²) in [6.45, 7) is 4.31. The van der Waals surface area contributed by atoms with Crippen LogP contribution in [0.1, 0.15) is 27.2 Å². The maximum Gasteiger partial charge on any atom is 0.331 e. The lowest BCUT2D eigenvalue weighted by atomic mass is 10.0. The smallest absolute Gasteiger partial charge is 0.331 e. The van der Waals surface area contributed by atoms with Gasteiger partial charge in [-0.2, -0.15) is 0 Å². The van der Waals surface area contributed by atoms with Crippen LogP contribution in [0.4, 0.5) is 0 Å². The lowest BCUT2D eigenvalue weighted by molar-refractivity contribution is -0.132. The summed E-state index contributed by atoms with van der Waals surface area (Å²) in [6, 6.07) is 0. The van der Waals surface area contributed by atoms with E-state index in [0.717, 1.165) is 4.31 Å². The number of carbonyl (C=O) groups is 2. The number of sulfonamides is 1. The molecule has 1 unspecified atom stereocenters. The van der Waals surface area contributed by atoms with E-state index >= 15 is 0 Å². The van der Waals surface area contributed by atoms with Gasteiger partial charge in [0.25, 0.3) is 0 Å². The molecule has 2 aliphatic rings. The van der Waals surface area contributed by atoms with Crippen molar-refractivity contribution in [3.63, 3.8) is 0 Å². The standard InChI is InChI=1S/C13H17N3O5S/c1-7(2)22(20,21)16-11-5-4-9(12(18)19)6-10(11)15-13(16)14-8(3)17/h5-7,13H,4H2,1-3H3,(H,14,17)(H,18,19). The highest BCUT2D eigenvalue weighted by Crippen LogP contribution is 2.30. The van der Waals surface area contributed by atoms with Crippen LogP contribution in [0.15, 0.2) is 28.4 Å². The number of nitrogens with one attached hydrogen (secondary N) is 1. The Labute approximate surface area is 128 Å². The molecule has 0 aromatic carbocycles. The maximum atomic E-state index is 12.5. The van der Waals surface area contributed by atoms with E-state index in [1.54, 1.807) is 0 Å². The van der Waals surface area contributed by atoms with E-state index in [1.165, 1.54) is 32.9 Å². The number of carbonyl (C=O) groups excluding carboxylic acids is 1. The summed E-state index contributed by atoms with van der Waals surface area (Å²) in [6.07, 6.45) is 1.85. The number of allylic oxidation sites excluding steroid dienone is 2. The number of carboxylic acid groups (broad SMARTS) is 1. The van der Waals surface area contributed by atoms with Crippen molar-refractivity contribution in [2.24, 2.45) is 4.99 Å². The van der Waals surface area contributed by atoms with Gasteiger partial charge in [-0.1, -0.05) is 6.08 Å². The van der Waals surface area contributed by atoms with Crippen molar-refractivity contribution in [3.8, 4) is 0 Å². The number of aliphatic carboxylic acids is 1. The van der Waals surface area contributed by atoms with Gasteiger partial charge in [0, 0.05) is 12.5 Å². The predicted molar refractivity (Wildman–Crippen MR) is 79.4 cm³/mol. The van der Waals surface area contributed by atoms with Gasteiger partial charge in [0.05, 0.1) is 16.7 Å². The Bertz CT molecular complexity index is 718. The summed E-state index contributed by atoms with van der Waals surface area (Å²) in [7, 11) is -3.72. The minimum absolute atomic E-state index is 0.0978. The first-order chi connectivity index (χ1) is 10.1. The molecule has 0 radical (unpaired) electrons. The zero-order valence-corrected chi connectivity index (χ0v) is 13.2. The molecule has 1 amide bonds. The quantitative estimate of drug-likeness (QED) is 0.765. The van der Waals surface area contributed by atoms with E-state index in [1.807, 2.05) is 0 Å². The number of hydrogen-bond acceptors (Lipinski definition) is 5. The van der Waals surface area contributed by atoms with Gasteiger partial charge >= 0.3 is 5.97 Å². The number of fused-ring (bicyclic) bond motifs is 1. The van der Waals surface area contributed by atoms with E-state index in [9.17, 15) is 18.0 Å². The summed E-state index contributed by atoms with van der Waals surface area (Å²) in [5.74, 6) is -1.51. The zero-order chi connectivity index (χ0) is 16.7. The molecule has 0 spiro atoms. The van der Waals surface area contributed by atoms with Crippen LogP contribution in [0.25, 0.3) is 0 Å². The van der Waals surface area contributed by atoms with Crippen LogP contribution in [-0.2, 0) is 19.6 Å². The number of rotatable bonds is 4. The lowest BCUT2D eigenvalue weighted by Gasteiger charge is -2.28. The summed E-state index contributed by atoms with van der Waals surface area (Å²) in [5, 5.41) is 10.8. The molecular formula is C13H17N3O5S. The highest BCUT2D eigenvalue weighted by atomic mass is 32.2. The molecular weight excluding hydrogens is 310 g/mol. The van der Waals surface area contributed by atoms with Gasteiger partial charge in [-0.3, -0.25) is 4.79 Å². The molecule has 0 aromatic heterocycles. The van der Waals surface area contributed by atoms with Gasteiger partial charge in [-0.05, 0) is 26.3 Å². The van der Waals surface area contributed by atoms with Crippen molar-refractivity contribution in [2.45, 2.75) is 38.7 Å². The normalized spacial score (nSPS) is 21.0. The highest BCUT2D eigenvalue weighted by Gasteiger charge is 2.41. The van der Waals surface area contributed by atoms with E-state index in [0.29, 0.717) is 5.70 Å². The Kier molecular flexibility index (Phi) is 4.10. The molecule has 0 fully saturated rings. The number of nitrogens with zero attached hydrogens (tertiary/aromatic N) is 2. The molecule has 0 saturated carbocycles. The van der Waals surface area contributed by atoms with Crippen LogP contribution in [-0.4, -0.2) is 47.0 Å². The number of aliphatic imine (C=N–C) groups is 1. The van der Waals surface area contributed by atoms with E-state index in [2.05, 4.69) is 10.3 Å². The van der Waals surface area contributed by atoms with Crippen LogP contribution in [0.2, 0.25) is 0 Å². The van der Waals surface area contributed by atoms with Crippen LogP contribution >= 0.6 is 0 Å². The van der Waals surface area contributed by atoms with Gasteiger partial charge < -0.3 is 10.4 Å². The fraction of sp³-hybridized carbons (Fsp3) is 0.462. The fourth-order valence-corrected chi connectivity index (χ4v) is 3.43. The Hall–Kier alpha value is -2.16. The first-order valence-electron chi connectivity index (χ1n) is 6.67. The van der Waals surface area contributed by atoms with E-state index < -0.39 is 33.4 Å². The molecule has 1 aliphatic heterocycles. The second kappa shape index (κ2) is 5.56. The predicted octanol–water partition coefficient (Wildman–Crippen LogP) is 0.200. The molecule has 8 nitrogen and oxygen atoms in total. The second-order valence-electron chi connectivity index (χ2n) is 5.25. The molecule has 0 saturated heterocycles. The summed E-state index contributed by atoms with van der Waals surface area (Å²) in [4.78, 5) is 26.5. The third-order valence-corrected chi connectivity index (χ3v) is 5.42. The van der Waals surface area contributed by atoms with Crippen molar-refractivity contribution in [1.82, 2.24) is 9.62 Å². The first-order valence-corrected chi connectivity index (χ1v) is 8.17. The molecule has 22 heavy (non-hydrogen) atoms. The summed E-state index contributed by atoms with van der Waals surface area (Å²) < 4.78 is 26.1. The number of amides is 1. The van der Waals surface area contributed by atoms with Crippen LogP contribution in [0.5, 0.6) is 0 Å². The Morgan fingerprint density at radius 1 is 1.45 bits per heavy atom. The summed E-state index contributed by atoms with van der Waals surface area (Å²) >= 11 is 0. The topological polar surface area (TPSA) is 116 Å². The van der Waals surface area contributed by atoms with Gasteiger partial charge in [-0.15, -0.1) is 0 Å². The molecule has 9 heteroatoms. The minimum atomic E-state index is -3.72. The highest BCUT2D eigenvalue weighted by molar-refractivity contribution is 7.89. The van der Waals surface area contributed by atoms with Crippen LogP contribution in [0, 0.1) is 0 Å². The van der Waals surface area contributed by atoms with Crippen molar-refractivity contribution in [3.05, 3.63) is 23.4 Å². The zero-order valence-electron chi connectivity index (χ0n) is 12.4. The third-order valence-electron chi connectivity index (χ3n) is 3.29. The van der Waals surface area contributed by atoms with Gasteiger partial charge in [0.2, 0.25) is 22.2 Å². The Morgan fingerprint density at radius 2 is 2.09 bits per heavy atom. The van der Waals surface area contributed by atoms with Gasteiger partial charge in [0.15, 0.2) is 0 Å². The largest absolute Gasteiger partial charge is 0.478 e. The molecule has 1 heterocycles. The van der Waals surface area contributed by atoms with Crippen molar-refractivity contribution in [2.75, 3.05) is 0 Å². The molecule has 2 rings (SSSR count). The fourth-order valence-electron chi connectivity index (χ4n) is 2.16. The van der Waals surface area contributed by atoms with Crippen molar-refractivity contribution >= 4 is 27.6 Å². The monoisotopic (exact) mass is 327 g/mol. The molecule has 0 aromatic rings. The minimum Gasteiger partial charge on any atom is -0.478 e. The Morgan fingerprint density at radius 3 is 2.59 bits per heavy atom. The Balaban J connectivity index is 2.48. The van der Waals surface area contributed by atoms with Crippen LogP contribution in [0.3, 0.4) is 0 Å². The summed E-state index contributed by atoms with van der Waals surface area (Å²) in [5.41, 5.74) is 0.664. The second-order valence-corrected chi connectivity index (χ2v) is 7.61. The molecule has 120 valence electrons. The molecule has 0 bridgehead atoms. The third kappa shape index (κ3) is 2.76. The maximum absolute atomic E-state index is 12.5. The van der Waals surface area contributed by atoms with Gasteiger partial charge in [0.1, 0.15) is 0 Å². The van der Waals surface area contributed by atoms with Gasteiger partial charge in [-0.25, -0.2) is 22.5 Å². The molecule has 2 N–H and O–H groups in total.